The quantitative estimate of drug-likeness (QED) is 0.852. The molecule has 0 unspecified atom stereocenters. The fourth-order valence-electron chi connectivity index (χ4n) is 4.57. The second kappa shape index (κ2) is 4.94. The number of benzene rings is 1. The first-order chi connectivity index (χ1) is 9.18. The van der Waals surface area contributed by atoms with Crippen LogP contribution in [0.25, 0.3) is 0 Å². The van der Waals surface area contributed by atoms with Crippen LogP contribution in [0.3, 0.4) is 0 Å². The van der Waals surface area contributed by atoms with Gasteiger partial charge in [-0.3, -0.25) is 0 Å². The van der Waals surface area contributed by atoms with E-state index in [4.69, 9.17) is 0 Å². The summed E-state index contributed by atoms with van der Waals surface area (Å²) in [6.45, 7) is 6.64. The fourth-order valence-corrected chi connectivity index (χ4v) is 4.57. The van der Waals surface area contributed by atoms with Crippen molar-refractivity contribution in [2.45, 2.75) is 57.8 Å². The molecule has 3 rings (SSSR count). The van der Waals surface area contributed by atoms with E-state index in [0.29, 0.717) is 10.8 Å². The Morgan fingerprint density at radius 1 is 1.05 bits per heavy atom. The zero-order valence-corrected chi connectivity index (χ0v) is 12.5. The molecule has 1 N–H and O–H groups in total. The maximum absolute atomic E-state index is 3.61. The van der Waals surface area contributed by atoms with E-state index in [1.165, 1.54) is 44.1 Å². The van der Waals surface area contributed by atoms with Crippen LogP contribution in [0.4, 0.5) is 0 Å². The maximum atomic E-state index is 3.61. The van der Waals surface area contributed by atoms with Crippen molar-refractivity contribution in [3.8, 4) is 0 Å². The van der Waals surface area contributed by atoms with Gasteiger partial charge in [0.25, 0.3) is 0 Å². The lowest BCUT2D eigenvalue weighted by molar-refractivity contribution is 0.0273. The highest BCUT2D eigenvalue weighted by atomic mass is 14.9. The van der Waals surface area contributed by atoms with Gasteiger partial charge in [-0.1, -0.05) is 49.6 Å². The van der Waals surface area contributed by atoms with Gasteiger partial charge < -0.3 is 5.32 Å². The predicted molar refractivity (Wildman–Crippen MR) is 81.5 cm³/mol. The third-order valence-electron chi connectivity index (χ3n) is 5.47. The molecule has 0 aromatic heterocycles. The third-order valence-corrected chi connectivity index (χ3v) is 5.47. The van der Waals surface area contributed by atoms with Crippen molar-refractivity contribution in [3.63, 3.8) is 0 Å². The lowest BCUT2D eigenvalue weighted by Gasteiger charge is -2.56. The van der Waals surface area contributed by atoms with Crippen LogP contribution in [0.15, 0.2) is 24.3 Å². The molecule has 1 aromatic rings. The van der Waals surface area contributed by atoms with Crippen LogP contribution in [0, 0.1) is 12.3 Å². The van der Waals surface area contributed by atoms with Gasteiger partial charge in [-0.05, 0) is 50.1 Å². The van der Waals surface area contributed by atoms with E-state index in [0.717, 1.165) is 13.1 Å². The number of aryl methyl sites for hydroxylation is 1. The molecule has 2 saturated carbocycles. The standard InChI is InChI=1S/C18H27N/c1-3-19-14-18(16-8-6-15(2)7-9-16)12-17(13-18)10-4-5-11-17/h6-9,19H,3-5,10-14H2,1-2H3. The summed E-state index contributed by atoms with van der Waals surface area (Å²) in [6, 6.07) is 9.30. The summed E-state index contributed by atoms with van der Waals surface area (Å²) in [5, 5.41) is 3.61. The number of hydrogen-bond donors (Lipinski definition) is 1. The summed E-state index contributed by atoms with van der Waals surface area (Å²) in [5.41, 5.74) is 4.07. The van der Waals surface area contributed by atoms with Crippen molar-refractivity contribution in [2.24, 2.45) is 5.41 Å². The van der Waals surface area contributed by atoms with Gasteiger partial charge in [0.2, 0.25) is 0 Å². The zero-order chi connectivity index (χ0) is 13.3. The summed E-state index contributed by atoms with van der Waals surface area (Å²) < 4.78 is 0. The molecule has 1 spiro atoms. The normalized spacial score (nSPS) is 23.5. The molecule has 0 atom stereocenters. The summed E-state index contributed by atoms with van der Waals surface area (Å²) in [6.07, 6.45) is 8.71. The van der Waals surface area contributed by atoms with E-state index in [-0.39, 0.29) is 0 Å². The Morgan fingerprint density at radius 3 is 2.26 bits per heavy atom. The minimum absolute atomic E-state index is 0.425. The Bertz CT molecular complexity index is 418. The van der Waals surface area contributed by atoms with Crippen LogP contribution in [-0.4, -0.2) is 13.1 Å². The highest BCUT2D eigenvalue weighted by Crippen LogP contribution is 2.62. The van der Waals surface area contributed by atoms with E-state index in [1.807, 2.05) is 0 Å². The lowest BCUT2D eigenvalue weighted by atomic mass is 9.49. The molecular formula is C18H27N. The SMILES string of the molecule is CCNCC1(c2ccc(C)cc2)CC2(CCCC2)C1. The van der Waals surface area contributed by atoms with Gasteiger partial charge >= 0.3 is 0 Å². The van der Waals surface area contributed by atoms with Gasteiger partial charge in [-0.25, -0.2) is 0 Å². The first kappa shape index (κ1) is 13.2. The Balaban J connectivity index is 1.80. The molecule has 0 saturated heterocycles. The van der Waals surface area contributed by atoms with Gasteiger partial charge in [-0.15, -0.1) is 0 Å². The zero-order valence-electron chi connectivity index (χ0n) is 12.5. The van der Waals surface area contributed by atoms with E-state index in [2.05, 4.69) is 43.4 Å². The van der Waals surface area contributed by atoms with Gasteiger partial charge in [-0.2, -0.15) is 0 Å². The van der Waals surface area contributed by atoms with Gasteiger partial charge in [0.05, 0.1) is 0 Å². The smallest absolute Gasteiger partial charge is 0.00883 e. The van der Waals surface area contributed by atoms with Crippen molar-refractivity contribution in [1.29, 1.82) is 0 Å². The number of hydrogen-bond acceptors (Lipinski definition) is 1. The topological polar surface area (TPSA) is 12.0 Å². The molecule has 1 nitrogen and oxygen atoms in total. The van der Waals surface area contributed by atoms with E-state index >= 15 is 0 Å². The van der Waals surface area contributed by atoms with Crippen LogP contribution < -0.4 is 5.32 Å². The summed E-state index contributed by atoms with van der Waals surface area (Å²) >= 11 is 0. The van der Waals surface area contributed by atoms with Crippen molar-refractivity contribution in [1.82, 2.24) is 5.32 Å². The Kier molecular flexibility index (Phi) is 3.42. The minimum atomic E-state index is 0.425. The lowest BCUT2D eigenvalue weighted by Crippen LogP contribution is -2.53. The molecule has 2 fully saturated rings. The van der Waals surface area contributed by atoms with Crippen molar-refractivity contribution < 1.29 is 0 Å². The number of likely N-dealkylation sites (N-methyl/N-ethyl adjacent to an activating group) is 1. The molecule has 0 amide bonds. The average Bonchev–Trinajstić information content (AvgIpc) is 2.85. The minimum Gasteiger partial charge on any atom is -0.316 e. The van der Waals surface area contributed by atoms with Gasteiger partial charge in [0.15, 0.2) is 0 Å². The second-order valence-corrected chi connectivity index (χ2v) is 6.99. The highest BCUT2D eigenvalue weighted by molar-refractivity contribution is 5.34. The molecule has 0 heterocycles. The molecule has 0 bridgehead atoms. The summed E-state index contributed by atoms with van der Waals surface area (Å²) in [5.74, 6) is 0. The van der Waals surface area contributed by atoms with Crippen molar-refractivity contribution in [2.75, 3.05) is 13.1 Å². The van der Waals surface area contributed by atoms with E-state index in [9.17, 15) is 0 Å². The first-order valence-electron chi connectivity index (χ1n) is 7.96. The Labute approximate surface area is 117 Å². The predicted octanol–water partition coefficient (Wildman–Crippen LogP) is 4.20. The van der Waals surface area contributed by atoms with Crippen molar-refractivity contribution in [3.05, 3.63) is 35.4 Å². The maximum Gasteiger partial charge on any atom is 0.00883 e. The molecular weight excluding hydrogens is 230 g/mol. The fraction of sp³-hybridized carbons (Fsp3) is 0.667. The van der Waals surface area contributed by atoms with Gasteiger partial charge in [0, 0.05) is 12.0 Å². The molecule has 2 aliphatic rings. The number of rotatable bonds is 4. The molecule has 2 aliphatic carbocycles. The Hall–Kier alpha value is -0.820. The first-order valence-corrected chi connectivity index (χ1v) is 7.96. The van der Waals surface area contributed by atoms with Crippen molar-refractivity contribution >= 4 is 0 Å². The molecule has 104 valence electrons. The van der Waals surface area contributed by atoms with Crippen LogP contribution in [0.5, 0.6) is 0 Å². The molecule has 0 aliphatic heterocycles. The largest absolute Gasteiger partial charge is 0.316 e. The molecule has 1 heteroatoms. The van der Waals surface area contributed by atoms with Crippen LogP contribution in [0.2, 0.25) is 0 Å². The van der Waals surface area contributed by atoms with E-state index < -0.39 is 0 Å². The average molecular weight is 257 g/mol. The van der Waals surface area contributed by atoms with Gasteiger partial charge in [0.1, 0.15) is 0 Å². The highest BCUT2D eigenvalue weighted by Gasteiger charge is 2.55. The van der Waals surface area contributed by atoms with Crippen LogP contribution >= 0.6 is 0 Å². The molecule has 0 radical (unpaired) electrons. The number of nitrogens with one attached hydrogen (secondary N) is 1. The summed E-state index contributed by atoms with van der Waals surface area (Å²) in [4.78, 5) is 0. The monoisotopic (exact) mass is 257 g/mol. The van der Waals surface area contributed by atoms with Crippen LogP contribution in [-0.2, 0) is 5.41 Å². The second-order valence-electron chi connectivity index (χ2n) is 6.99. The Morgan fingerprint density at radius 2 is 1.68 bits per heavy atom. The molecule has 1 aromatic carbocycles. The van der Waals surface area contributed by atoms with E-state index in [1.54, 1.807) is 5.56 Å². The van der Waals surface area contributed by atoms with Crippen LogP contribution in [0.1, 0.15) is 56.6 Å². The molecule has 19 heavy (non-hydrogen) atoms. The summed E-state index contributed by atoms with van der Waals surface area (Å²) in [7, 11) is 0. The third kappa shape index (κ3) is 2.33.